The van der Waals surface area contributed by atoms with Gasteiger partial charge in [-0.2, -0.15) is 0 Å². The van der Waals surface area contributed by atoms with E-state index in [1.165, 1.54) is 0 Å². The predicted octanol–water partition coefficient (Wildman–Crippen LogP) is 2.43. The van der Waals surface area contributed by atoms with E-state index in [2.05, 4.69) is 43.6 Å². The Labute approximate surface area is 174 Å². The summed E-state index contributed by atoms with van der Waals surface area (Å²) < 4.78 is 17.8. The number of hydrogen-bond acceptors (Lipinski definition) is 6. The molecular weight excluding hydrogens is 369 g/mol. The average Bonchev–Trinajstić information content (AvgIpc) is 2.82. The molecule has 0 bridgehead atoms. The quantitative estimate of drug-likeness (QED) is 0.723. The van der Waals surface area contributed by atoms with Gasteiger partial charge in [0.25, 0.3) is 0 Å². The third-order valence-electron chi connectivity index (χ3n) is 5.78. The van der Waals surface area contributed by atoms with Crippen LogP contribution in [0.25, 0.3) is 0 Å². The summed E-state index contributed by atoms with van der Waals surface area (Å²) in [4.78, 5) is 20.8. The lowest BCUT2D eigenvalue weighted by Crippen LogP contribution is -2.49. The third-order valence-corrected chi connectivity index (χ3v) is 5.78. The Hall–Kier alpha value is -1.64. The fourth-order valence-corrected chi connectivity index (χ4v) is 3.35. The van der Waals surface area contributed by atoms with Gasteiger partial charge in [-0.25, -0.2) is 4.79 Å². The molecule has 2 aliphatic rings. The van der Waals surface area contributed by atoms with E-state index in [4.69, 9.17) is 14.0 Å². The number of rotatable bonds is 3. The second kappa shape index (κ2) is 7.89. The molecule has 2 fully saturated rings. The van der Waals surface area contributed by atoms with Gasteiger partial charge in [-0.3, -0.25) is 9.88 Å². The van der Waals surface area contributed by atoms with Crippen LogP contribution in [0.2, 0.25) is 0 Å². The maximum Gasteiger partial charge on any atom is 0.494 e. The van der Waals surface area contributed by atoms with E-state index in [0.717, 1.165) is 30.8 Å². The number of pyridine rings is 1. The summed E-state index contributed by atoms with van der Waals surface area (Å²) in [6.07, 6.45) is 1.57. The summed E-state index contributed by atoms with van der Waals surface area (Å²) in [5, 5.41) is 0. The minimum Gasteiger partial charge on any atom is -0.444 e. The number of ether oxygens (including phenoxy) is 1. The lowest BCUT2D eigenvalue weighted by molar-refractivity contribution is 0.00578. The van der Waals surface area contributed by atoms with Crippen molar-refractivity contribution < 1.29 is 18.8 Å². The topological polar surface area (TPSA) is 64.1 Å². The highest BCUT2D eigenvalue weighted by molar-refractivity contribution is 6.62. The monoisotopic (exact) mass is 403 g/mol. The molecule has 1 amide bonds. The first-order valence-electron chi connectivity index (χ1n) is 10.4. The standard InChI is InChI=1S/C21H34BN3O4/c1-19(2,3)27-18(26)25-12-10-24(11-13-25)15-17-14-16(8-9-23-17)22-28-20(4,5)21(6,7)29-22/h8-9,14H,10-13,15H2,1-7H3. The largest absolute Gasteiger partial charge is 0.494 e. The van der Waals surface area contributed by atoms with Crippen LogP contribution < -0.4 is 5.46 Å². The van der Waals surface area contributed by atoms with Gasteiger partial charge in [0.05, 0.1) is 16.9 Å². The summed E-state index contributed by atoms with van der Waals surface area (Å²) in [5.41, 5.74) is 0.772. The van der Waals surface area contributed by atoms with Gasteiger partial charge in [0, 0.05) is 38.9 Å². The Balaban J connectivity index is 1.56. The van der Waals surface area contributed by atoms with Gasteiger partial charge < -0.3 is 18.9 Å². The predicted molar refractivity (Wildman–Crippen MR) is 113 cm³/mol. The highest BCUT2D eigenvalue weighted by atomic mass is 16.7. The van der Waals surface area contributed by atoms with Gasteiger partial charge in [0.2, 0.25) is 0 Å². The maximum atomic E-state index is 12.2. The van der Waals surface area contributed by atoms with Crippen molar-refractivity contribution in [2.75, 3.05) is 26.2 Å². The van der Waals surface area contributed by atoms with Gasteiger partial charge in [0.1, 0.15) is 5.60 Å². The van der Waals surface area contributed by atoms with Crippen molar-refractivity contribution in [3.8, 4) is 0 Å². The number of hydrogen-bond donors (Lipinski definition) is 0. The van der Waals surface area contributed by atoms with Gasteiger partial charge in [-0.1, -0.05) is 0 Å². The van der Waals surface area contributed by atoms with Crippen molar-refractivity contribution in [2.45, 2.75) is 71.8 Å². The third kappa shape index (κ3) is 5.30. The van der Waals surface area contributed by atoms with E-state index in [0.29, 0.717) is 13.1 Å². The second-order valence-electron chi connectivity index (χ2n) is 9.91. The first-order chi connectivity index (χ1) is 13.4. The van der Waals surface area contributed by atoms with E-state index in [1.807, 2.05) is 33.0 Å². The van der Waals surface area contributed by atoms with E-state index < -0.39 is 5.60 Å². The summed E-state index contributed by atoms with van der Waals surface area (Å²) >= 11 is 0. The van der Waals surface area contributed by atoms with Crippen LogP contribution in [0.4, 0.5) is 4.79 Å². The van der Waals surface area contributed by atoms with Crippen LogP contribution in [-0.2, 0) is 20.6 Å². The molecule has 7 nitrogen and oxygen atoms in total. The van der Waals surface area contributed by atoms with Crippen LogP contribution in [0, 0.1) is 0 Å². The molecule has 2 saturated heterocycles. The number of nitrogens with zero attached hydrogens (tertiary/aromatic N) is 3. The highest BCUT2D eigenvalue weighted by Gasteiger charge is 2.51. The van der Waals surface area contributed by atoms with Crippen molar-refractivity contribution in [3.63, 3.8) is 0 Å². The molecular formula is C21H34BN3O4. The first-order valence-corrected chi connectivity index (χ1v) is 10.4. The summed E-state index contributed by atoms with van der Waals surface area (Å²) in [5.74, 6) is 0. The zero-order chi connectivity index (χ0) is 21.4. The summed E-state index contributed by atoms with van der Waals surface area (Å²) in [6, 6.07) is 4.01. The van der Waals surface area contributed by atoms with Crippen molar-refractivity contribution in [2.24, 2.45) is 0 Å². The Morgan fingerprint density at radius 1 is 1.14 bits per heavy atom. The van der Waals surface area contributed by atoms with Gasteiger partial charge >= 0.3 is 13.2 Å². The Bertz CT molecular complexity index is 724. The average molecular weight is 403 g/mol. The van der Waals surface area contributed by atoms with Crippen molar-refractivity contribution in [3.05, 3.63) is 24.0 Å². The molecule has 1 aromatic rings. The first kappa shape index (κ1) is 22.1. The lowest BCUT2D eigenvalue weighted by Gasteiger charge is -2.35. The molecule has 0 aromatic carbocycles. The molecule has 160 valence electrons. The number of carbonyl (C=O) groups is 1. The fraction of sp³-hybridized carbons (Fsp3) is 0.714. The maximum absolute atomic E-state index is 12.2. The smallest absolute Gasteiger partial charge is 0.444 e. The molecule has 3 heterocycles. The highest BCUT2D eigenvalue weighted by Crippen LogP contribution is 2.36. The molecule has 0 atom stereocenters. The molecule has 3 rings (SSSR count). The Kier molecular flexibility index (Phi) is 6.00. The molecule has 1 aromatic heterocycles. The number of piperazine rings is 1. The van der Waals surface area contributed by atoms with Crippen molar-refractivity contribution in [1.82, 2.24) is 14.8 Å². The van der Waals surface area contributed by atoms with E-state index in [1.54, 1.807) is 4.90 Å². The van der Waals surface area contributed by atoms with Crippen LogP contribution in [-0.4, -0.2) is 71.0 Å². The minimum absolute atomic E-state index is 0.238. The Morgan fingerprint density at radius 3 is 2.28 bits per heavy atom. The SMILES string of the molecule is CC(C)(C)OC(=O)N1CCN(Cc2cc(B3OC(C)(C)C(C)(C)O3)ccn2)CC1. The molecule has 0 unspecified atom stereocenters. The molecule has 0 radical (unpaired) electrons. The number of amides is 1. The number of aromatic nitrogens is 1. The van der Waals surface area contributed by atoms with E-state index in [9.17, 15) is 4.79 Å². The normalized spacial score (nSPS) is 22.0. The molecule has 0 spiro atoms. The van der Waals surface area contributed by atoms with Gasteiger partial charge in [0.15, 0.2) is 0 Å². The zero-order valence-electron chi connectivity index (χ0n) is 18.8. The van der Waals surface area contributed by atoms with Crippen LogP contribution in [0.3, 0.4) is 0 Å². The van der Waals surface area contributed by atoms with E-state index in [-0.39, 0.29) is 24.4 Å². The zero-order valence-corrected chi connectivity index (χ0v) is 18.8. The molecule has 0 saturated carbocycles. The minimum atomic E-state index is -0.466. The molecule has 8 heteroatoms. The van der Waals surface area contributed by atoms with Crippen LogP contribution >= 0.6 is 0 Å². The van der Waals surface area contributed by atoms with Crippen molar-refractivity contribution >= 4 is 18.7 Å². The van der Waals surface area contributed by atoms with Crippen LogP contribution in [0.1, 0.15) is 54.2 Å². The van der Waals surface area contributed by atoms with E-state index >= 15 is 0 Å². The Morgan fingerprint density at radius 2 is 1.72 bits per heavy atom. The fourth-order valence-electron chi connectivity index (χ4n) is 3.35. The number of carbonyl (C=O) groups excluding carboxylic acids is 1. The molecule has 2 aliphatic heterocycles. The van der Waals surface area contributed by atoms with Gasteiger partial charge in [-0.15, -0.1) is 0 Å². The van der Waals surface area contributed by atoms with Crippen LogP contribution in [0.15, 0.2) is 18.3 Å². The lowest BCUT2D eigenvalue weighted by atomic mass is 9.79. The molecule has 29 heavy (non-hydrogen) atoms. The second-order valence-corrected chi connectivity index (χ2v) is 9.91. The van der Waals surface area contributed by atoms with Gasteiger partial charge in [-0.05, 0) is 66.1 Å². The molecule has 0 N–H and O–H groups in total. The van der Waals surface area contributed by atoms with Crippen LogP contribution in [0.5, 0.6) is 0 Å². The summed E-state index contributed by atoms with van der Waals surface area (Å²) in [7, 11) is -0.384. The molecule has 0 aliphatic carbocycles. The summed E-state index contributed by atoms with van der Waals surface area (Å²) in [6.45, 7) is 17.5. The van der Waals surface area contributed by atoms with Crippen molar-refractivity contribution in [1.29, 1.82) is 0 Å².